The van der Waals surface area contributed by atoms with Crippen LogP contribution in [0.2, 0.25) is 0 Å². The Balaban J connectivity index is 1.77. The fourth-order valence-electron chi connectivity index (χ4n) is 3.34. The molecular weight excluding hydrogens is 390 g/mol. The highest BCUT2D eigenvalue weighted by molar-refractivity contribution is 7.92. The Morgan fingerprint density at radius 2 is 1.86 bits per heavy atom. The van der Waals surface area contributed by atoms with Crippen LogP contribution < -0.4 is 10.0 Å². The van der Waals surface area contributed by atoms with Crippen LogP contribution in [-0.4, -0.2) is 44.3 Å². The lowest BCUT2D eigenvalue weighted by molar-refractivity contribution is -0.124. The van der Waals surface area contributed by atoms with Gasteiger partial charge in [0, 0.05) is 24.3 Å². The van der Waals surface area contributed by atoms with Crippen LogP contribution in [0, 0.1) is 0 Å². The minimum absolute atomic E-state index is 0.140. The largest absolute Gasteiger partial charge is 0.354 e. The van der Waals surface area contributed by atoms with Gasteiger partial charge in [-0.3, -0.25) is 14.3 Å². The summed E-state index contributed by atoms with van der Waals surface area (Å²) in [4.78, 5) is 27.1. The number of sulfonamides is 1. The van der Waals surface area contributed by atoms with Gasteiger partial charge in [0.15, 0.2) is 0 Å². The minimum atomic E-state index is -3.75. The first-order valence-corrected chi connectivity index (χ1v) is 11.2. The molecule has 29 heavy (non-hydrogen) atoms. The van der Waals surface area contributed by atoms with Gasteiger partial charge in [-0.15, -0.1) is 0 Å². The summed E-state index contributed by atoms with van der Waals surface area (Å²) in [5.74, 6) is -0.418. The fraction of sp³-hybridized carbons (Fsp3) is 0.333. The van der Waals surface area contributed by atoms with Gasteiger partial charge < -0.3 is 10.2 Å². The Hall–Kier alpha value is -2.87. The van der Waals surface area contributed by atoms with E-state index >= 15 is 0 Å². The first-order valence-electron chi connectivity index (χ1n) is 9.69. The maximum absolute atomic E-state index is 13.0. The summed E-state index contributed by atoms with van der Waals surface area (Å²) in [6.07, 6.45) is 2.22. The van der Waals surface area contributed by atoms with Gasteiger partial charge >= 0.3 is 0 Å². The van der Waals surface area contributed by atoms with Crippen LogP contribution in [0.4, 0.5) is 5.69 Å². The number of nitrogens with zero attached hydrogens (tertiary/aromatic N) is 1. The summed E-state index contributed by atoms with van der Waals surface area (Å²) in [5, 5.41) is 2.85. The van der Waals surface area contributed by atoms with Crippen molar-refractivity contribution in [1.29, 1.82) is 0 Å². The molecule has 2 N–H and O–H groups in total. The second kappa shape index (κ2) is 9.09. The lowest BCUT2D eigenvalue weighted by Gasteiger charge is -2.24. The number of hydrogen-bond acceptors (Lipinski definition) is 4. The molecule has 1 heterocycles. The minimum Gasteiger partial charge on any atom is -0.354 e. The van der Waals surface area contributed by atoms with Gasteiger partial charge in [-0.1, -0.05) is 31.2 Å². The molecule has 0 saturated carbocycles. The Bertz CT molecular complexity index is 976. The molecule has 1 saturated heterocycles. The summed E-state index contributed by atoms with van der Waals surface area (Å²) in [5.41, 5.74) is 0.638. The number of anilines is 1. The fourth-order valence-corrected chi connectivity index (χ4v) is 4.41. The monoisotopic (exact) mass is 415 g/mol. The summed E-state index contributed by atoms with van der Waals surface area (Å²) < 4.78 is 27.5. The van der Waals surface area contributed by atoms with Crippen LogP contribution in [0.1, 0.15) is 36.5 Å². The van der Waals surface area contributed by atoms with Crippen molar-refractivity contribution in [1.82, 2.24) is 10.2 Å². The number of carbonyl (C=O) groups excluding carboxylic acids is 2. The van der Waals surface area contributed by atoms with Crippen LogP contribution >= 0.6 is 0 Å². The first-order chi connectivity index (χ1) is 13.9. The van der Waals surface area contributed by atoms with E-state index in [9.17, 15) is 18.0 Å². The van der Waals surface area contributed by atoms with Crippen LogP contribution in [0.25, 0.3) is 0 Å². The predicted molar refractivity (Wildman–Crippen MR) is 111 cm³/mol. The summed E-state index contributed by atoms with van der Waals surface area (Å²) in [6, 6.07) is 13.9. The SMILES string of the molecule is CCCNC(=O)C1CCCN1C(=O)c1cccc(NS(=O)(=O)c2ccccc2)c1. The Labute approximate surface area is 171 Å². The molecule has 1 aliphatic rings. The van der Waals surface area contributed by atoms with Crippen LogP contribution in [0.15, 0.2) is 59.5 Å². The van der Waals surface area contributed by atoms with E-state index in [1.807, 2.05) is 6.92 Å². The summed E-state index contributed by atoms with van der Waals surface area (Å²) >= 11 is 0. The Morgan fingerprint density at radius 3 is 2.59 bits per heavy atom. The number of hydrogen-bond donors (Lipinski definition) is 2. The van der Waals surface area contributed by atoms with Gasteiger partial charge in [0.2, 0.25) is 5.91 Å². The van der Waals surface area contributed by atoms with Crippen molar-refractivity contribution < 1.29 is 18.0 Å². The van der Waals surface area contributed by atoms with E-state index in [1.165, 1.54) is 18.2 Å². The van der Waals surface area contributed by atoms with Crippen molar-refractivity contribution in [2.24, 2.45) is 0 Å². The van der Waals surface area contributed by atoms with E-state index in [2.05, 4.69) is 10.0 Å². The molecule has 7 nitrogen and oxygen atoms in total. The highest BCUT2D eigenvalue weighted by atomic mass is 32.2. The number of rotatable bonds is 7. The lowest BCUT2D eigenvalue weighted by atomic mass is 10.1. The zero-order chi connectivity index (χ0) is 20.9. The highest BCUT2D eigenvalue weighted by Gasteiger charge is 2.34. The third-order valence-corrected chi connectivity index (χ3v) is 6.18. The number of likely N-dealkylation sites (tertiary alicyclic amines) is 1. The zero-order valence-corrected chi connectivity index (χ0v) is 17.1. The van der Waals surface area contributed by atoms with Crippen molar-refractivity contribution in [3.63, 3.8) is 0 Å². The molecule has 1 fully saturated rings. The van der Waals surface area contributed by atoms with Crippen molar-refractivity contribution in [3.05, 3.63) is 60.2 Å². The molecular formula is C21H25N3O4S. The van der Waals surface area contributed by atoms with E-state index in [0.717, 1.165) is 12.8 Å². The third kappa shape index (κ3) is 4.95. The van der Waals surface area contributed by atoms with Gasteiger partial charge in [0.25, 0.3) is 15.9 Å². The molecule has 1 unspecified atom stereocenters. The van der Waals surface area contributed by atoms with Gasteiger partial charge in [0.1, 0.15) is 6.04 Å². The van der Waals surface area contributed by atoms with Gasteiger partial charge in [-0.2, -0.15) is 0 Å². The molecule has 0 aromatic heterocycles. The third-order valence-electron chi connectivity index (χ3n) is 4.78. The molecule has 0 radical (unpaired) electrons. The smallest absolute Gasteiger partial charge is 0.261 e. The average molecular weight is 416 g/mol. The van der Waals surface area contributed by atoms with Crippen LogP contribution in [0.5, 0.6) is 0 Å². The Kier molecular flexibility index (Phi) is 6.53. The average Bonchev–Trinajstić information content (AvgIpc) is 3.22. The van der Waals surface area contributed by atoms with E-state index in [1.54, 1.807) is 41.3 Å². The number of benzene rings is 2. The molecule has 0 spiro atoms. The molecule has 154 valence electrons. The van der Waals surface area contributed by atoms with Gasteiger partial charge in [-0.25, -0.2) is 8.42 Å². The molecule has 3 rings (SSSR count). The number of amides is 2. The molecule has 0 aliphatic carbocycles. The predicted octanol–water partition coefficient (Wildman–Crippen LogP) is 2.62. The molecule has 0 bridgehead atoms. The first kappa shape index (κ1) is 20.9. The maximum atomic E-state index is 13.0. The van der Waals surface area contributed by atoms with Crippen molar-refractivity contribution in [3.8, 4) is 0 Å². The van der Waals surface area contributed by atoms with E-state index in [-0.39, 0.29) is 16.7 Å². The molecule has 2 amide bonds. The topological polar surface area (TPSA) is 95.6 Å². The molecule has 8 heteroatoms. The Morgan fingerprint density at radius 1 is 1.10 bits per heavy atom. The van der Waals surface area contributed by atoms with Crippen molar-refractivity contribution in [2.45, 2.75) is 37.1 Å². The summed E-state index contributed by atoms with van der Waals surface area (Å²) in [6.45, 7) is 3.05. The van der Waals surface area contributed by atoms with Gasteiger partial charge in [0.05, 0.1) is 4.90 Å². The van der Waals surface area contributed by atoms with E-state index < -0.39 is 16.1 Å². The molecule has 2 aromatic rings. The van der Waals surface area contributed by atoms with Crippen molar-refractivity contribution in [2.75, 3.05) is 17.8 Å². The number of nitrogens with one attached hydrogen (secondary N) is 2. The zero-order valence-electron chi connectivity index (χ0n) is 16.3. The summed E-state index contributed by atoms with van der Waals surface area (Å²) in [7, 11) is -3.75. The molecule has 1 aliphatic heterocycles. The van der Waals surface area contributed by atoms with E-state index in [0.29, 0.717) is 30.8 Å². The molecule has 2 aromatic carbocycles. The van der Waals surface area contributed by atoms with Crippen LogP contribution in [0.3, 0.4) is 0 Å². The normalized spacial score (nSPS) is 16.4. The van der Waals surface area contributed by atoms with Gasteiger partial charge in [-0.05, 0) is 49.6 Å². The quantitative estimate of drug-likeness (QED) is 0.727. The van der Waals surface area contributed by atoms with Crippen molar-refractivity contribution >= 4 is 27.5 Å². The second-order valence-electron chi connectivity index (χ2n) is 6.95. The highest BCUT2D eigenvalue weighted by Crippen LogP contribution is 2.23. The van der Waals surface area contributed by atoms with E-state index in [4.69, 9.17) is 0 Å². The maximum Gasteiger partial charge on any atom is 0.261 e. The second-order valence-corrected chi connectivity index (χ2v) is 8.63. The van der Waals surface area contributed by atoms with Crippen LogP contribution in [-0.2, 0) is 14.8 Å². The number of carbonyl (C=O) groups is 2. The molecule has 1 atom stereocenters. The standard InChI is InChI=1S/C21H25N3O4S/c1-2-13-22-20(25)19-12-7-14-24(19)21(26)16-8-6-9-17(15-16)23-29(27,28)18-10-4-3-5-11-18/h3-6,8-11,15,19,23H,2,7,12-14H2,1H3,(H,22,25). The lowest BCUT2D eigenvalue weighted by Crippen LogP contribution is -2.46.